The molecule has 1 fully saturated rings. The van der Waals surface area contributed by atoms with Gasteiger partial charge in [-0.05, 0) is 37.6 Å². The zero-order chi connectivity index (χ0) is 22.9. The second-order valence-electron chi connectivity index (χ2n) is 7.85. The van der Waals surface area contributed by atoms with E-state index in [0.717, 1.165) is 42.3 Å². The van der Waals surface area contributed by atoms with Gasteiger partial charge in [0, 0.05) is 49.8 Å². The first-order valence-electron chi connectivity index (χ1n) is 10.0. The van der Waals surface area contributed by atoms with Crippen LogP contribution in [0.4, 0.5) is 15.2 Å². The lowest BCUT2D eigenvalue weighted by Gasteiger charge is -2.28. The summed E-state index contributed by atoms with van der Waals surface area (Å²) >= 11 is 7.43. The van der Waals surface area contributed by atoms with Crippen molar-refractivity contribution in [1.82, 2.24) is 14.3 Å². The van der Waals surface area contributed by atoms with Crippen LogP contribution in [0.15, 0.2) is 47.6 Å². The first kappa shape index (κ1) is 22.9. The maximum absolute atomic E-state index is 14.1. The highest BCUT2D eigenvalue weighted by molar-refractivity contribution is 7.93. The lowest BCUT2D eigenvalue weighted by molar-refractivity contribution is 0.320. The summed E-state index contributed by atoms with van der Waals surface area (Å²) in [5.41, 5.74) is 2.48. The quantitative estimate of drug-likeness (QED) is 0.530. The number of hydrogen-bond donors (Lipinski definition) is 1. The molecule has 170 valence electrons. The van der Waals surface area contributed by atoms with Crippen molar-refractivity contribution in [2.75, 3.05) is 29.8 Å². The smallest absolute Gasteiger partial charge is 0.263 e. The normalized spacial score (nSPS) is 16.9. The largest absolute Gasteiger partial charge is 0.369 e. The molecule has 1 aliphatic rings. The highest BCUT2D eigenvalue weighted by atomic mass is 35.5. The molecule has 1 N–H and O–H groups in total. The number of anilines is 2. The van der Waals surface area contributed by atoms with Crippen molar-refractivity contribution in [2.45, 2.75) is 30.8 Å². The van der Waals surface area contributed by atoms with E-state index in [2.05, 4.69) is 23.9 Å². The van der Waals surface area contributed by atoms with Gasteiger partial charge >= 0.3 is 0 Å². The van der Waals surface area contributed by atoms with Crippen LogP contribution in [-0.4, -0.2) is 48.9 Å². The van der Waals surface area contributed by atoms with Crippen LogP contribution < -0.4 is 9.62 Å². The molecule has 0 radical (unpaired) electrons. The van der Waals surface area contributed by atoms with E-state index in [1.54, 1.807) is 12.1 Å². The van der Waals surface area contributed by atoms with E-state index >= 15 is 0 Å². The molecule has 0 aliphatic carbocycles. The molecule has 0 saturated carbocycles. The van der Waals surface area contributed by atoms with E-state index in [1.807, 2.05) is 20.0 Å². The summed E-state index contributed by atoms with van der Waals surface area (Å²) in [6, 6.07) is 10.0. The van der Waals surface area contributed by atoms with Crippen LogP contribution in [0, 0.1) is 12.7 Å². The molecule has 1 aliphatic heterocycles. The molecule has 4 rings (SSSR count). The Labute approximate surface area is 196 Å². The maximum Gasteiger partial charge on any atom is 0.263 e. The molecular formula is C21H23ClFN5O2S2. The zero-order valence-corrected chi connectivity index (χ0v) is 20.0. The van der Waals surface area contributed by atoms with Gasteiger partial charge in [-0.15, -0.1) is 0 Å². The third-order valence-corrected chi connectivity index (χ3v) is 7.93. The Bertz CT molecular complexity index is 1210. The van der Waals surface area contributed by atoms with Gasteiger partial charge in [-0.2, -0.15) is 4.37 Å². The number of benzene rings is 2. The average molecular weight is 496 g/mol. The fourth-order valence-electron chi connectivity index (χ4n) is 3.87. The minimum atomic E-state index is -3.81. The fraction of sp³-hybridized carbons (Fsp3) is 0.333. The van der Waals surface area contributed by atoms with Crippen LogP contribution in [0.2, 0.25) is 5.02 Å². The molecule has 1 saturated heterocycles. The Morgan fingerprint density at radius 2 is 2.12 bits per heavy atom. The molecule has 2 aromatic carbocycles. The molecule has 1 aromatic heterocycles. The summed E-state index contributed by atoms with van der Waals surface area (Å²) in [5.74, 6) is -0.186. The molecule has 1 atom stereocenters. The van der Waals surface area contributed by atoms with E-state index in [-0.39, 0.29) is 21.9 Å². The third-order valence-electron chi connectivity index (χ3n) is 5.58. The Kier molecular flexibility index (Phi) is 6.66. The summed E-state index contributed by atoms with van der Waals surface area (Å²) in [4.78, 5) is 8.17. The number of nitrogens with zero attached hydrogens (tertiary/aromatic N) is 4. The van der Waals surface area contributed by atoms with Crippen LogP contribution in [0.1, 0.15) is 17.5 Å². The van der Waals surface area contributed by atoms with Crippen molar-refractivity contribution < 1.29 is 12.8 Å². The van der Waals surface area contributed by atoms with Crippen molar-refractivity contribution in [3.05, 3.63) is 64.7 Å². The van der Waals surface area contributed by atoms with E-state index in [0.29, 0.717) is 17.1 Å². The predicted molar refractivity (Wildman–Crippen MR) is 125 cm³/mol. The van der Waals surface area contributed by atoms with E-state index in [9.17, 15) is 12.8 Å². The van der Waals surface area contributed by atoms with Gasteiger partial charge in [0.15, 0.2) is 0 Å². The average Bonchev–Trinajstić information content (AvgIpc) is 3.42. The van der Waals surface area contributed by atoms with Crippen LogP contribution in [0.5, 0.6) is 0 Å². The Morgan fingerprint density at radius 3 is 2.84 bits per heavy atom. The monoisotopic (exact) mass is 495 g/mol. The zero-order valence-electron chi connectivity index (χ0n) is 17.6. The van der Waals surface area contributed by atoms with Gasteiger partial charge in [-0.25, -0.2) is 17.8 Å². The molecule has 0 spiro atoms. The second-order valence-corrected chi connectivity index (χ2v) is 10.7. The second kappa shape index (κ2) is 9.30. The lowest BCUT2D eigenvalue weighted by atomic mass is 10.1. The summed E-state index contributed by atoms with van der Waals surface area (Å²) in [6.07, 6.45) is 2.19. The number of likely N-dealkylation sites (tertiary alicyclic amines) is 1. The summed E-state index contributed by atoms with van der Waals surface area (Å²) < 4.78 is 45.5. The Balaban J connectivity index is 1.44. The molecule has 1 unspecified atom stereocenters. The Morgan fingerprint density at radius 1 is 1.31 bits per heavy atom. The minimum Gasteiger partial charge on any atom is -0.369 e. The summed E-state index contributed by atoms with van der Waals surface area (Å²) in [6.45, 7) is 4.12. The van der Waals surface area contributed by atoms with Crippen molar-refractivity contribution in [3.63, 3.8) is 0 Å². The van der Waals surface area contributed by atoms with Gasteiger partial charge in [0.1, 0.15) is 12.1 Å². The number of hydrogen-bond acceptors (Lipinski definition) is 7. The van der Waals surface area contributed by atoms with Gasteiger partial charge in [0.2, 0.25) is 5.13 Å². The number of halogens is 2. The van der Waals surface area contributed by atoms with Crippen LogP contribution in [-0.2, 0) is 16.6 Å². The van der Waals surface area contributed by atoms with Gasteiger partial charge < -0.3 is 4.90 Å². The van der Waals surface area contributed by atoms with E-state index in [1.165, 1.54) is 24.5 Å². The Hall–Kier alpha value is -2.27. The minimum absolute atomic E-state index is 0.0535. The van der Waals surface area contributed by atoms with Crippen molar-refractivity contribution >= 4 is 44.0 Å². The van der Waals surface area contributed by atoms with Gasteiger partial charge in [0.05, 0.1) is 15.6 Å². The van der Waals surface area contributed by atoms with E-state index < -0.39 is 10.0 Å². The fourth-order valence-corrected chi connectivity index (χ4v) is 5.93. The summed E-state index contributed by atoms with van der Waals surface area (Å²) in [5, 5.41) is 0.536. The van der Waals surface area contributed by atoms with Gasteiger partial charge in [0.25, 0.3) is 10.0 Å². The molecule has 7 nitrogen and oxygen atoms in total. The van der Waals surface area contributed by atoms with Crippen LogP contribution in [0.25, 0.3) is 0 Å². The van der Waals surface area contributed by atoms with Crippen LogP contribution in [0.3, 0.4) is 0 Å². The van der Waals surface area contributed by atoms with E-state index in [4.69, 9.17) is 11.6 Å². The third kappa shape index (κ3) is 5.03. The molecule has 2 heterocycles. The summed E-state index contributed by atoms with van der Waals surface area (Å²) in [7, 11) is -1.87. The number of aromatic nitrogens is 2. The molecule has 0 amide bonds. The number of sulfonamides is 1. The number of nitrogens with one attached hydrogen (secondary N) is 1. The van der Waals surface area contributed by atoms with Crippen molar-refractivity contribution in [2.24, 2.45) is 0 Å². The number of aryl methyl sites for hydroxylation is 1. The molecular weight excluding hydrogens is 473 g/mol. The first-order chi connectivity index (χ1) is 15.2. The maximum atomic E-state index is 14.1. The van der Waals surface area contributed by atoms with Crippen molar-refractivity contribution in [1.29, 1.82) is 0 Å². The highest BCUT2D eigenvalue weighted by Crippen LogP contribution is 2.32. The standard InChI is InChI=1S/C21H23ClFN5O2S2/c1-14-3-5-19(23)15(9-14)11-28-8-7-16(12-28)27(2)20-6-4-17(10-18(20)22)32(29,30)26-21-24-13-25-31-21/h3-6,9-10,13,16H,7-8,11-12H2,1-2H3,(H,24,25,26). The van der Waals surface area contributed by atoms with Crippen LogP contribution >= 0.6 is 23.1 Å². The molecule has 11 heteroatoms. The van der Waals surface area contributed by atoms with Crippen molar-refractivity contribution in [3.8, 4) is 0 Å². The van der Waals surface area contributed by atoms with Gasteiger partial charge in [-0.3, -0.25) is 9.62 Å². The number of rotatable bonds is 7. The SMILES string of the molecule is Cc1ccc(F)c(CN2CCC(N(C)c3ccc(S(=O)(=O)Nc4ncns4)cc3Cl)C2)c1. The molecule has 3 aromatic rings. The lowest BCUT2D eigenvalue weighted by Crippen LogP contribution is -2.34. The first-order valence-corrected chi connectivity index (χ1v) is 12.7. The predicted octanol–water partition coefficient (Wildman–Crippen LogP) is 4.15. The number of likely N-dealkylation sites (N-methyl/N-ethyl adjacent to an activating group) is 1. The molecule has 32 heavy (non-hydrogen) atoms. The molecule has 0 bridgehead atoms. The highest BCUT2D eigenvalue weighted by Gasteiger charge is 2.28. The topological polar surface area (TPSA) is 78.4 Å². The van der Waals surface area contributed by atoms with Gasteiger partial charge in [-0.1, -0.05) is 29.3 Å².